The Hall–Kier alpha value is -1.40. The Labute approximate surface area is 152 Å². The molecule has 0 aromatic carbocycles. The maximum Gasteiger partial charge on any atom is 0.243 e. The van der Waals surface area contributed by atoms with Crippen LogP contribution in [0.1, 0.15) is 32.1 Å². The van der Waals surface area contributed by atoms with E-state index in [1.54, 1.807) is 12.4 Å². The van der Waals surface area contributed by atoms with Gasteiger partial charge in [0.25, 0.3) is 0 Å². The van der Waals surface area contributed by atoms with Crippen molar-refractivity contribution >= 4 is 23.3 Å². The molecule has 132 valence electrons. The highest BCUT2D eigenvalue weighted by Gasteiger charge is 2.65. The Morgan fingerprint density at radius 2 is 1.96 bits per heavy atom. The van der Waals surface area contributed by atoms with Gasteiger partial charge in [0.2, 0.25) is 5.91 Å². The summed E-state index contributed by atoms with van der Waals surface area (Å²) < 4.78 is 0. The molecule has 5 heterocycles. The molecule has 0 unspecified atom stereocenters. The van der Waals surface area contributed by atoms with Gasteiger partial charge < -0.3 is 9.80 Å². The fraction of sp³-hybridized carbons (Fsp3) is 0.722. The fourth-order valence-corrected chi connectivity index (χ4v) is 5.97. The largest absolute Gasteiger partial charge is 0.348 e. The zero-order valence-electron chi connectivity index (χ0n) is 14.1. The summed E-state index contributed by atoms with van der Waals surface area (Å²) in [5.41, 5.74) is -0.142. The van der Waals surface area contributed by atoms with Crippen molar-refractivity contribution in [3.63, 3.8) is 0 Å². The van der Waals surface area contributed by atoms with Gasteiger partial charge in [-0.15, -0.1) is 0 Å². The van der Waals surface area contributed by atoms with E-state index in [0.29, 0.717) is 29.2 Å². The van der Waals surface area contributed by atoms with Gasteiger partial charge in [-0.2, -0.15) is 0 Å². The van der Waals surface area contributed by atoms with Crippen molar-refractivity contribution in [2.45, 2.75) is 55.8 Å². The second-order valence-electron chi connectivity index (χ2n) is 8.54. The van der Waals surface area contributed by atoms with Crippen molar-refractivity contribution in [2.24, 2.45) is 5.92 Å². The van der Waals surface area contributed by atoms with Gasteiger partial charge in [0.15, 0.2) is 0 Å². The van der Waals surface area contributed by atoms with E-state index in [2.05, 4.69) is 24.7 Å². The molecule has 2 aliphatic carbocycles. The lowest BCUT2D eigenvalue weighted by Gasteiger charge is -2.46. The zero-order chi connectivity index (χ0) is 16.8. The van der Waals surface area contributed by atoms with Gasteiger partial charge >= 0.3 is 0 Å². The number of nitrogens with zero attached hydrogens (tertiary/aromatic N) is 5. The van der Waals surface area contributed by atoms with E-state index in [4.69, 9.17) is 11.6 Å². The summed E-state index contributed by atoms with van der Waals surface area (Å²) >= 11 is 6.00. The Morgan fingerprint density at radius 1 is 1.12 bits per heavy atom. The summed E-state index contributed by atoms with van der Waals surface area (Å²) in [6.45, 7) is 2.83. The number of anilines is 1. The molecular formula is C18H22ClN5O. The second kappa shape index (κ2) is 4.86. The van der Waals surface area contributed by atoms with Crippen LogP contribution in [0, 0.1) is 5.92 Å². The van der Waals surface area contributed by atoms with Crippen LogP contribution in [0.15, 0.2) is 12.4 Å². The van der Waals surface area contributed by atoms with Crippen molar-refractivity contribution in [3.8, 4) is 0 Å². The van der Waals surface area contributed by atoms with Crippen molar-refractivity contribution in [1.82, 2.24) is 19.8 Å². The molecule has 6 fully saturated rings. The van der Waals surface area contributed by atoms with Gasteiger partial charge in [0.05, 0.1) is 24.5 Å². The molecule has 6 nitrogen and oxygen atoms in total. The predicted molar refractivity (Wildman–Crippen MR) is 93.5 cm³/mol. The number of aromatic nitrogens is 2. The van der Waals surface area contributed by atoms with E-state index in [0.717, 1.165) is 50.6 Å². The van der Waals surface area contributed by atoms with E-state index in [1.807, 2.05) is 0 Å². The van der Waals surface area contributed by atoms with Gasteiger partial charge in [-0.1, -0.05) is 11.6 Å². The van der Waals surface area contributed by atoms with Crippen LogP contribution in [0.25, 0.3) is 0 Å². The average molecular weight is 360 g/mol. The number of likely N-dealkylation sites (tertiary alicyclic amines) is 1. The number of carbonyl (C=O) groups is 1. The number of hydrogen-bond acceptors (Lipinski definition) is 5. The van der Waals surface area contributed by atoms with Gasteiger partial charge in [-0.3, -0.25) is 14.7 Å². The van der Waals surface area contributed by atoms with E-state index >= 15 is 0 Å². The number of fused-ring (bicyclic) bond motifs is 3. The maximum absolute atomic E-state index is 13.5. The average Bonchev–Trinajstić information content (AvgIpc) is 2.98. The highest BCUT2D eigenvalue weighted by Crippen LogP contribution is 2.56. The Kier molecular flexibility index (Phi) is 2.86. The van der Waals surface area contributed by atoms with Crippen LogP contribution >= 0.6 is 11.6 Å². The molecule has 7 rings (SSSR count). The molecule has 6 aliphatic rings. The Bertz CT molecular complexity index is 747. The summed E-state index contributed by atoms with van der Waals surface area (Å²) in [7, 11) is 0. The maximum atomic E-state index is 13.5. The van der Waals surface area contributed by atoms with Crippen LogP contribution in [0.3, 0.4) is 0 Å². The molecule has 1 amide bonds. The molecule has 4 aliphatic heterocycles. The predicted octanol–water partition coefficient (Wildman–Crippen LogP) is 1.55. The molecule has 1 aromatic rings. The van der Waals surface area contributed by atoms with Crippen LogP contribution in [-0.4, -0.2) is 69.0 Å². The number of carbonyl (C=O) groups excluding carboxylic acids is 1. The van der Waals surface area contributed by atoms with Crippen molar-refractivity contribution < 1.29 is 4.79 Å². The van der Waals surface area contributed by atoms with Crippen LogP contribution in [-0.2, 0) is 4.79 Å². The number of halogens is 1. The zero-order valence-corrected chi connectivity index (χ0v) is 14.9. The number of piperazine rings is 1. The van der Waals surface area contributed by atoms with Gasteiger partial charge in [-0.25, -0.2) is 4.98 Å². The lowest BCUT2D eigenvalue weighted by molar-refractivity contribution is -0.147. The highest BCUT2D eigenvalue weighted by molar-refractivity contribution is 6.29. The summed E-state index contributed by atoms with van der Waals surface area (Å²) in [6.07, 6.45) is 9.15. The van der Waals surface area contributed by atoms with Gasteiger partial charge in [-0.05, 0) is 38.0 Å². The molecule has 4 bridgehead atoms. The molecule has 2 saturated carbocycles. The Morgan fingerprint density at radius 3 is 2.64 bits per heavy atom. The first-order chi connectivity index (χ1) is 12.1. The summed E-state index contributed by atoms with van der Waals surface area (Å²) in [5.74, 6) is 2.02. The number of amides is 1. The molecule has 0 N–H and O–H groups in total. The molecule has 1 aromatic heterocycles. The van der Waals surface area contributed by atoms with Gasteiger partial charge in [0, 0.05) is 25.7 Å². The quantitative estimate of drug-likeness (QED) is 0.819. The molecule has 7 heteroatoms. The monoisotopic (exact) mass is 359 g/mol. The molecular weight excluding hydrogens is 338 g/mol. The summed E-state index contributed by atoms with van der Waals surface area (Å²) in [4.78, 5) is 29.0. The summed E-state index contributed by atoms with van der Waals surface area (Å²) in [5, 5.41) is 0.429. The number of rotatable bonds is 3. The smallest absolute Gasteiger partial charge is 0.243 e. The van der Waals surface area contributed by atoms with E-state index < -0.39 is 0 Å². The van der Waals surface area contributed by atoms with Crippen LogP contribution < -0.4 is 4.90 Å². The normalized spacial score (nSPS) is 39.2. The van der Waals surface area contributed by atoms with Crippen molar-refractivity contribution in [2.75, 3.05) is 24.5 Å². The third kappa shape index (κ3) is 1.98. The lowest BCUT2D eigenvalue weighted by atomic mass is 9.72. The van der Waals surface area contributed by atoms with E-state index in [-0.39, 0.29) is 5.54 Å². The first-order valence-electron chi connectivity index (χ1n) is 9.46. The minimum atomic E-state index is -0.142. The standard InChI is InChI=1S/C18H22ClN5O/c19-15-6-20-7-16(21-15)22-9-14-3-13(22)10-23(14)17(25)18-4-11(5-18)8-24(18)12-1-2-12/h6-7,11-14H,1-5,8-10H2/t11?,13-,14-,18?/m0/s1. The third-order valence-electron chi connectivity index (χ3n) is 7.03. The SMILES string of the molecule is O=C(N1C[C@@H]2C[C@H]1CN2c1cncc(Cl)n1)C12CC(CN1C1CC1)C2. The second-order valence-corrected chi connectivity index (χ2v) is 8.93. The van der Waals surface area contributed by atoms with Crippen LogP contribution in [0.2, 0.25) is 5.15 Å². The minimum absolute atomic E-state index is 0.142. The minimum Gasteiger partial charge on any atom is -0.348 e. The first-order valence-corrected chi connectivity index (χ1v) is 9.84. The third-order valence-corrected chi connectivity index (χ3v) is 7.21. The van der Waals surface area contributed by atoms with Crippen molar-refractivity contribution in [1.29, 1.82) is 0 Å². The topological polar surface area (TPSA) is 52.6 Å². The molecule has 25 heavy (non-hydrogen) atoms. The number of hydrogen-bond donors (Lipinski definition) is 0. The van der Waals surface area contributed by atoms with Crippen molar-refractivity contribution in [3.05, 3.63) is 17.5 Å². The molecule has 0 radical (unpaired) electrons. The van der Waals surface area contributed by atoms with Crippen LogP contribution in [0.5, 0.6) is 0 Å². The molecule has 2 atom stereocenters. The Balaban J connectivity index is 1.21. The van der Waals surface area contributed by atoms with E-state index in [1.165, 1.54) is 12.8 Å². The fourth-order valence-electron chi connectivity index (χ4n) is 5.83. The lowest BCUT2D eigenvalue weighted by Crippen LogP contribution is -2.62. The highest BCUT2D eigenvalue weighted by atomic mass is 35.5. The first kappa shape index (κ1) is 14.7. The molecule has 4 saturated heterocycles. The molecule has 0 spiro atoms. The van der Waals surface area contributed by atoms with Gasteiger partial charge in [0.1, 0.15) is 16.5 Å². The summed E-state index contributed by atoms with van der Waals surface area (Å²) in [6, 6.07) is 1.35. The van der Waals surface area contributed by atoms with Crippen LogP contribution in [0.4, 0.5) is 5.82 Å². The van der Waals surface area contributed by atoms with E-state index in [9.17, 15) is 4.79 Å².